The molecule has 0 bridgehead atoms. The average molecular weight is 245 g/mol. The number of para-hydroxylation sites is 1. The molecule has 94 valence electrons. The van der Waals surface area contributed by atoms with Crippen LogP contribution in [0.1, 0.15) is 12.8 Å². The van der Waals surface area contributed by atoms with Gasteiger partial charge < -0.3 is 10.6 Å². The Morgan fingerprint density at radius 3 is 2.67 bits per heavy atom. The minimum Gasteiger partial charge on any atom is -0.371 e. The summed E-state index contributed by atoms with van der Waals surface area (Å²) in [5.74, 6) is -0.258. The highest BCUT2D eigenvalue weighted by atomic mass is 16.1. The van der Waals surface area contributed by atoms with Gasteiger partial charge in [-0.3, -0.25) is 4.79 Å². The Morgan fingerprint density at radius 2 is 2.06 bits per heavy atom. The first-order valence-electron chi connectivity index (χ1n) is 5.90. The Kier molecular flexibility index (Phi) is 3.69. The summed E-state index contributed by atoms with van der Waals surface area (Å²) in [7, 11) is 0. The van der Waals surface area contributed by atoms with Crippen LogP contribution in [0, 0.1) is 5.92 Å². The molecule has 0 aliphatic carbocycles. The third-order valence-electron chi connectivity index (χ3n) is 3.27. The first-order valence-corrected chi connectivity index (χ1v) is 5.90. The normalized spacial score (nSPS) is 16.1. The van der Waals surface area contributed by atoms with Crippen molar-refractivity contribution in [1.29, 1.82) is 0 Å². The molecule has 2 N–H and O–H groups in total. The maximum Gasteiger partial charge on any atom is 0.220 e. The van der Waals surface area contributed by atoms with E-state index in [4.69, 9.17) is 11.3 Å². The summed E-state index contributed by atoms with van der Waals surface area (Å²) in [4.78, 5) is 16.1. The van der Waals surface area contributed by atoms with Crippen molar-refractivity contribution in [1.82, 2.24) is 0 Å². The van der Waals surface area contributed by atoms with E-state index in [2.05, 4.69) is 14.9 Å². The maximum atomic E-state index is 11.1. The molecule has 0 atom stereocenters. The summed E-state index contributed by atoms with van der Waals surface area (Å²) in [5, 5.41) is 3.68. The summed E-state index contributed by atoms with van der Waals surface area (Å²) in [6, 6.07) is 7.46. The number of nitrogens with two attached hydrogens (primary N) is 1. The molecule has 18 heavy (non-hydrogen) atoms. The molecule has 1 heterocycles. The van der Waals surface area contributed by atoms with Gasteiger partial charge >= 0.3 is 0 Å². The van der Waals surface area contributed by atoms with E-state index in [0.717, 1.165) is 31.6 Å². The molecule has 1 fully saturated rings. The molecule has 0 saturated carbocycles. The van der Waals surface area contributed by atoms with Crippen LogP contribution in [0.4, 0.5) is 11.4 Å². The van der Waals surface area contributed by atoms with E-state index < -0.39 is 0 Å². The molecule has 6 heteroatoms. The molecule has 0 spiro atoms. The molecule has 1 aliphatic rings. The van der Waals surface area contributed by atoms with Gasteiger partial charge in [-0.05, 0) is 24.4 Å². The van der Waals surface area contributed by atoms with Crippen molar-refractivity contribution in [2.75, 3.05) is 18.0 Å². The van der Waals surface area contributed by atoms with Gasteiger partial charge in [0, 0.05) is 29.6 Å². The maximum absolute atomic E-state index is 11.1. The fraction of sp³-hybridized carbons (Fsp3) is 0.417. The van der Waals surface area contributed by atoms with E-state index in [1.165, 1.54) is 0 Å². The molecule has 0 radical (unpaired) electrons. The van der Waals surface area contributed by atoms with Gasteiger partial charge in [0.15, 0.2) is 0 Å². The fourth-order valence-electron chi connectivity index (χ4n) is 2.27. The van der Waals surface area contributed by atoms with Gasteiger partial charge in [-0.2, -0.15) is 0 Å². The molecule has 0 aromatic heterocycles. The third kappa shape index (κ3) is 2.55. The van der Waals surface area contributed by atoms with Crippen LogP contribution in [0.5, 0.6) is 0 Å². The van der Waals surface area contributed by atoms with E-state index in [1.54, 1.807) is 6.07 Å². The third-order valence-corrected chi connectivity index (χ3v) is 3.27. The number of nitrogens with zero attached hydrogens (tertiary/aromatic N) is 4. The van der Waals surface area contributed by atoms with Crippen LogP contribution in [-0.4, -0.2) is 19.0 Å². The Balaban J connectivity index is 2.14. The SMILES string of the molecule is [N-]=[N+]=Nc1ccccc1N1CCC(C(N)=O)CC1. The van der Waals surface area contributed by atoms with E-state index in [9.17, 15) is 4.79 Å². The lowest BCUT2D eigenvalue weighted by Gasteiger charge is -2.33. The lowest BCUT2D eigenvalue weighted by Crippen LogP contribution is -2.38. The minimum atomic E-state index is -0.224. The number of primary amides is 1. The van der Waals surface area contributed by atoms with Crippen molar-refractivity contribution >= 4 is 17.3 Å². The molecule has 1 saturated heterocycles. The van der Waals surface area contributed by atoms with Crippen molar-refractivity contribution in [3.8, 4) is 0 Å². The number of carbonyl (C=O) groups excluding carboxylic acids is 1. The number of carbonyl (C=O) groups is 1. The quantitative estimate of drug-likeness (QED) is 0.502. The molecular weight excluding hydrogens is 230 g/mol. The summed E-state index contributed by atoms with van der Waals surface area (Å²) in [6.07, 6.45) is 1.50. The van der Waals surface area contributed by atoms with Gasteiger partial charge in [-0.1, -0.05) is 23.3 Å². The number of hydrogen-bond acceptors (Lipinski definition) is 3. The first-order chi connectivity index (χ1) is 8.72. The molecule has 1 aliphatic heterocycles. The van der Waals surface area contributed by atoms with Crippen molar-refractivity contribution in [3.05, 3.63) is 34.7 Å². The lowest BCUT2D eigenvalue weighted by atomic mass is 9.96. The number of amides is 1. The average Bonchev–Trinajstić information content (AvgIpc) is 2.40. The first kappa shape index (κ1) is 12.3. The van der Waals surface area contributed by atoms with Crippen LogP contribution in [0.25, 0.3) is 10.4 Å². The predicted molar refractivity (Wildman–Crippen MR) is 69.4 cm³/mol. The zero-order chi connectivity index (χ0) is 13.0. The number of hydrogen-bond donors (Lipinski definition) is 1. The molecular formula is C12H15N5O. The molecule has 6 nitrogen and oxygen atoms in total. The van der Waals surface area contributed by atoms with Crippen molar-refractivity contribution in [3.63, 3.8) is 0 Å². The highest BCUT2D eigenvalue weighted by Crippen LogP contribution is 2.31. The van der Waals surface area contributed by atoms with E-state index in [0.29, 0.717) is 5.69 Å². The van der Waals surface area contributed by atoms with Crippen molar-refractivity contribution in [2.24, 2.45) is 16.8 Å². The molecule has 1 aromatic rings. The highest BCUT2D eigenvalue weighted by Gasteiger charge is 2.23. The minimum absolute atomic E-state index is 0.0344. The summed E-state index contributed by atoms with van der Waals surface area (Å²) in [6.45, 7) is 1.51. The van der Waals surface area contributed by atoms with Gasteiger partial charge in [0.25, 0.3) is 0 Å². The Morgan fingerprint density at radius 1 is 1.39 bits per heavy atom. The number of azide groups is 1. The Bertz CT molecular complexity index is 487. The molecule has 2 rings (SSSR count). The topological polar surface area (TPSA) is 95.1 Å². The molecule has 0 unspecified atom stereocenters. The van der Waals surface area contributed by atoms with Crippen LogP contribution < -0.4 is 10.6 Å². The zero-order valence-corrected chi connectivity index (χ0v) is 9.99. The van der Waals surface area contributed by atoms with Crippen LogP contribution in [0.3, 0.4) is 0 Å². The van der Waals surface area contributed by atoms with E-state index in [-0.39, 0.29) is 11.8 Å². The number of piperidine rings is 1. The van der Waals surface area contributed by atoms with Crippen LogP contribution in [0.15, 0.2) is 29.4 Å². The second kappa shape index (κ2) is 5.42. The lowest BCUT2D eigenvalue weighted by molar-refractivity contribution is -0.122. The van der Waals surface area contributed by atoms with E-state index >= 15 is 0 Å². The number of rotatable bonds is 3. The van der Waals surface area contributed by atoms with Crippen LogP contribution in [-0.2, 0) is 4.79 Å². The summed E-state index contributed by atoms with van der Waals surface area (Å²) in [5.41, 5.74) is 15.4. The fourth-order valence-corrected chi connectivity index (χ4v) is 2.27. The van der Waals surface area contributed by atoms with Gasteiger partial charge in [-0.15, -0.1) is 0 Å². The van der Waals surface area contributed by atoms with Crippen molar-refractivity contribution in [2.45, 2.75) is 12.8 Å². The van der Waals surface area contributed by atoms with Crippen LogP contribution in [0.2, 0.25) is 0 Å². The zero-order valence-electron chi connectivity index (χ0n) is 9.99. The van der Waals surface area contributed by atoms with Crippen LogP contribution >= 0.6 is 0 Å². The van der Waals surface area contributed by atoms with Gasteiger partial charge in [0.2, 0.25) is 5.91 Å². The second-order valence-electron chi connectivity index (χ2n) is 4.34. The highest BCUT2D eigenvalue weighted by molar-refractivity contribution is 5.77. The molecule has 1 amide bonds. The molecule has 1 aromatic carbocycles. The Hall–Kier alpha value is -2.20. The summed E-state index contributed by atoms with van der Waals surface area (Å²) < 4.78 is 0. The van der Waals surface area contributed by atoms with Gasteiger partial charge in [0.05, 0.1) is 5.69 Å². The standard InChI is InChI=1S/C12H15N5O/c13-12(18)9-5-7-17(8-6-9)11-4-2-1-3-10(11)15-16-14/h1-4,9H,5-8H2,(H2,13,18). The monoisotopic (exact) mass is 245 g/mol. The largest absolute Gasteiger partial charge is 0.371 e. The Labute approximate surface area is 105 Å². The second-order valence-corrected chi connectivity index (χ2v) is 4.34. The van der Waals surface area contributed by atoms with Crippen molar-refractivity contribution < 1.29 is 4.79 Å². The number of benzene rings is 1. The number of anilines is 1. The van der Waals surface area contributed by atoms with Gasteiger partial charge in [-0.25, -0.2) is 0 Å². The van der Waals surface area contributed by atoms with E-state index in [1.807, 2.05) is 18.2 Å². The van der Waals surface area contributed by atoms with Gasteiger partial charge in [0.1, 0.15) is 0 Å². The summed E-state index contributed by atoms with van der Waals surface area (Å²) >= 11 is 0. The predicted octanol–water partition coefficient (Wildman–Crippen LogP) is 2.33. The smallest absolute Gasteiger partial charge is 0.220 e.